The van der Waals surface area contributed by atoms with Crippen molar-refractivity contribution in [1.29, 1.82) is 5.26 Å². The highest BCUT2D eigenvalue weighted by Crippen LogP contribution is 2.45. The van der Waals surface area contributed by atoms with Crippen molar-refractivity contribution in [3.8, 4) is 6.07 Å². The topological polar surface area (TPSA) is 98.6 Å². The van der Waals surface area contributed by atoms with Crippen LogP contribution in [0.15, 0.2) is 59.8 Å². The first-order valence-electron chi connectivity index (χ1n) is 10.8. The van der Waals surface area contributed by atoms with E-state index in [0.29, 0.717) is 21.9 Å². The second-order valence-electron chi connectivity index (χ2n) is 8.14. The van der Waals surface area contributed by atoms with Crippen LogP contribution >= 0.6 is 0 Å². The molecule has 0 bridgehead atoms. The number of anilines is 1. The number of Topliss-reactive ketones (excluding diaryl/α,β-unsaturated/α-hetero) is 1. The molecule has 0 spiro atoms. The van der Waals surface area contributed by atoms with Crippen molar-refractivity contribution in [2.45, 2.75) is 38.4 Å². The highest BCUT2D eigenvalue weighted by atomic mass is 32.2. The molecule has 1 unspecified atom stereocenters. The average Bonchev–Trinajstić information content (AvgIpc) is 2.83. The van der Waals surface area contributed by atoms with Crippen molar-refractivity contribution in [3.05, 3.63) is 76.5 Å². The second-order valence-corrected chi connectivity index (χ2v) is 10.3. The molecule has 0 fully saturated rings. The van der Waals surface area contributed by atoms with Gasteiger partial charge in [-0.25, -0.2) is 17.5 Å². The van der Waals surface area contributed by atoms with Crippen LogP contribution in [-0.2, 0) is 21.0 Å². The molecule has 2 aromatic carbocycles. The van der Waals surface area contributed by atoms with E-state index in [4.69, 9.17) is 5.26 Å². The number of allylic oxidation sites excluding steroid dienone is 1. The van der Waals surface area contributed by atoms with Gasteiger partial charge in [-0.1, -0.05) is 18.2 Å². The van der Waals surface area contributed by atoms with Gasteiger partial charge >= 0.3 is 12.2 Å². The lowest BCUT2D eigenvalue weighted by atomic mass is 9.84. The van der Waals surface area contributed by atoms with Gasteiger partial charge in [0.25, 0.3) is 0 Å². The van der Waals surface area contributed by atoms with Crippen molar-refractivity contribution >= 4 is 27.5 Å². The molecular weight excluding hydrogens is 483 g/mol. The van der Waals surface area contributed by atoms with E-state index in [1.165, 1.54) is 37.3 Å². The maximum Gasteiger partial charge on any atom is 0.416 e. The predicted molar refractivity (Wildman–Crippen MR) is 120 cm³/mol. The van der Waals surface area contributed by atoms with Gasteiger partial charge in [-0.3, -0.25) is 9.69 Å². The lowest BCUT2D eigenvalue weighted by Gasteiger charge is -2.44. The lowest BCUT2D eigenvalue weighted by molar-refractivity contribution is -0.137. The van der Waals surface area contributed by atoms with E-state index in [1.54, 1.807) is 0 Å². The third kappa shape index (κ3) is 4.30. The maximum absolute atomic E-state index is 13.8. The number of sulfonamides is 1. The number of rotatable bonds is 4. The SMILES string of the molecule is CCS(=O)(=O)N1C(=O)N(c2cccc(C(F)(F)F)c2)C2=C(C(=O)CCC2)C1c1ccc(C#N)cc1. The number of carbonyl (C=O) groups is 2. The fourth-order valence-corrected chi connectivity index (χ4v) is 5.53. The summed E-state index contributed by atoms with van der Waals surface area (Å²) in [6.07, 6.45) is -4.01. The molecule has 1 atom stereocenters. The normalized spacial score (nSPS) is 19.0. The van der Waals surface area contributed by atoms with E-state index in [-0.39, 0.29) is 35.6 Å². The number of alkyl halides is 3. The smallest absolute Gasteiger partial charge is 0.294 e. The van der Waals surface area contributed by atoms with Gasteiger partial charge in [-0.2, -0.15) is 18.4 Å². The van der Waals surface area contributed by atoms with Gasteiger partial charge in [0.05, 0.1) is 28.6 Å². The summed E-state index contributed by atoms with van der Waals surface area (Å²) in [5, 5.41) is 9.11. The summed E-state index contributed by atoms with van der Waals surface area (Å²) >= 11 is 0. The molecule has 4 rings (SSSR count). The molecule has 11 heteroatoms. The number of carbonyl (C=O) groups excluding carboxylic acids is 2. The molecule has 0 saturated heterocycles. The van der Waals surface area contributed by atoms with E-state index in [2.05, 4.69) is 0 Å². The van der Waals surface area contributed by atoms with Gasteiger partial charge in [0.1, 0.15) is 6.04 Å². The molecule has 0 aromatic heterocycles. The average molecular weight is 504 g/mol. The van der Waals surface area contributed by atoms with Crippen LogP contribution in [0.3, 0.4) is 0 Å². The number of ketones is 1. The molecule has 1 heterocycles. The Labute approximate surface area is 200 Å². The minimum Gasteiger partial charge on any atom is -0.294 e. The van der Waals surface area contributed by atoms with Crippen LogP contribution < -0.4 is 4.90 Å². The summed E-state index contributed by atoms with van der Waals surface area (Å²) in [4.78, 5) is 27.8. The molecule has 1 aliphatic heterocycles. The molecule has 0 N–H and O–H groups in total. The van der Waals surface area contributed by atoms with Crippen LogP contribution in [0.1, 0.15) is 48.9 Å². The van der Waals surface area contributed by atoms with E-state index in [0.717, 1.165) is 23.1 Å². The molecule has 7 nitrogen and oxygen atoms in total. The number of hydrogen-bond donors (Lipinski definition) is 0. The van der Waals surface area contributed by atoms with Gasteiger partial charge in [-0.15, -0.1) is 0 Å². The number of hydrogen-bond acceptors (Lipinski definition) is 5. The Morgan fingerprint density at radius 2 is 1.77 bits per heavy atom. The number of amides is 2. The van der Waals surface area contributed by atoms with Crippen LogP contribution in [0.4, 0.5) is 23.7 Å². The van der Waals surface area contributed by atoms with Gasteiger partial charge in [-0.05, 0) is 55.7 Å². The summed E-state index contributed by atoms with van der Waals surface area (Å²) in [5.41, 5.74) is -0.346. The Bertz CT molecular complexity index is 1380. The quantitative estimate of drug-likeness (QED) is 0.590. The van der Waals surface area contributed by atoms with E-state index < -0.39 is 39.6 Å². The first kappa shape index (κ1) is 24.5. The third-order valence-electron chi connectivity index (χ3n) is 6.04. The molecule has 2 aromatic rings. The van der Waals surface area contributed by atoms with E-state index in [1.807, 2.05) is 6.07 Å². The molecule has 2 amide bonds. The zero-order valence-electron chi connectivity index (χ0n) is 18.5. The number of halogens is 3. The van der Waals surface area contributed by atoms with Crippen LogP contribution in [0.25, 0.3) is 0 Å². The predicted octanol–water partition coefficient (Wildman–Crippen LogP) is 4.92. The Hall–Kier alpha value is -3.65. The van der Waals surface area contributed by atoms with Crippen molar-refractivity contribution < 1.29 is 31.2 Å². The maximum atomic E-state index is 13.8. The Morgan fingerprint density at radius 1 is 1.09 bits per heavy atom. The summed E-state index contributed by atoms with van der Waals surface area (Å²) in [6, 6.07) is 9.46. The summed E-state index contributed by atoms with van der Waals surface area (Å²) < 4.78 is 67.1. The van der Waals surface area contributed by atoms with Crippen LogP contribution in [-0.4, -0.2) is 30.3 Å². The van der Waals surface area contributed by atoms with Crippen LogP contribution in [0.2, 0.25) is 0 Å². The largest absolute Gasteiger partial charge is 0.416 e. The Kier molecular flexibility index (Phi) is 6.19. The number of nitriles is 1. The molecule has 182 valence electrons. The van der Waals surface area contributed by atoms with Crippen molar-refractivity contribution in [1.82, 2.24) is 4.31 Å². The minimum absolute atomic E-state index is 0.0509. The number of nitrogens with zero attached hydrogens (tertiary/aromatic N) is 3. The first-order chi connectivity index (χ1) is 16.5. The van der Waals surface area contributed by atoms with E-state index in [9.17, 15) is 31.2 Å². The van der Waals surface area contributed by atoms with Crippen molar-refractivity contribution in [2.75, 3.05) is 10.7 Å². The minimum atomic E-state index is -4.69. The van der Waals surface area contributed by atoms with Gasteiger partial charge in [0, 0.05) is 17.7 Å². The second kappa shape index (κ2) is 8.85. The standard InChI is InChI=1S/C24H20F3N3O4S/c1-2-35(33,34)30-22(16-11-9-15(14-28)10-12-16)21-19(7-4-8-20(21)31)29(23(30)32)18-6-3-5-17(13-18)24(25,26)27/h3,5-6,9-13,22H,2,4,7-8H2,1H3. The zero-order chi connectivity index (χ0) is 25.5. The molecule has 1 aliphatic carbocycles. The Balaban J connectivity index is 2.01. The monoisotopic (exact) mass is 503 g/mol. The molecule has 35 heavy (non-hydrogen) atoms. The number of urea groups is 1. The highest BCUT2D eigenvalue weighted by Gasteiger charge is 2.49. The van der Waals surface area contributed by atoms with Crippen LogP contribution in [0, 0.1) is 11.3 Å². The molecule has 2 aliphatic rings. The van der Waals surface area contributed by atoms with E-state index >= 15 is 0 Å². The lowest BCUT2D eigenvalue weighted by Crippen LogP contribution is -2.54. The number of benzene rings is 2. The zero-order valence-corrected chi connectivity index (χ0v) is 19.4. The summed E-state index contributed by atoms with van der Waals surface area (Å²) in [7, 11) is -4.27. The third-order valence-corrected chi connectivity index (χ3v) is 7.73. The molecule has 0 saturated carbocycles. The van der Waals surface area contributed by atoms with Gasteiger partial charge in [0.15, 0.2) is 5.78 Å². The van der Waals surface area contributed by atoms with Crippen molar-refractivity contribution in [2.24, 2.45) is 0 Å². The fraction of sp³-hybridized carbons (Fsp3) is 0.292. The van der Waals surface area contributed by atoms with Gasteiger partial charge < -0.3 is 0 Å². The van der Waals surface area contributed by atoms with Crippen LogP contribution in [0.5, 0.6) is 0 Å². The summed E-state index contributed by atoms with van der Waals surface area (Å²) in [5.74, 6) is -0.861. The van der Waals surface area contributed by atoms with Crippen molar-refractivity contribution in [3.63, 3.8) is 0 Å². The molecular formula is C24H20F3N3O4S. The van der Waals surface area contributed by atoms with Gasteiger partial charge in [0.2, 0.25) is 10.0 Å². The molecule has 0 radical (unpaired) electrons. The highest BCUT2D eigenvalue weighted by molar-refractivity contribution is 7.89. The Morgan fingerprint density at radius 3 is 2.37 bits per heavy atom. The fourth-order valence-electron chi connectivity index (χ4n) is 4.38. The first-order valence-corrected chi connectivity index (χ1v) is 12.4. The summed E-state index contributed by atoms with van der Waals surface area (Å²) in [6.45, 7) is 1.33.